The molecule has 2 aliphatic heterocycles. The van der Waals surface area contributed by atoms with Gasteiger partial charge in [-0.3, -0.25) is 14.5 Å². The van der Waals surface area contributed by atoms with Gasteiger partial charge in [-0.25, -0.2) is 14.5 Å². The number of aromatic amines is 1. The summed E-state index contributed by atoms with van der Waals surface area (Å²) in [4.78, 5) is 60.0. The molecule has 1 saturated heterocycles. The van der Waals surface area contributed by atoms with Crippen molar-refractivity contribution in [2.45, 2.75) is 44.8 Å². The summed E-state index contributed by atoms with van der Waals surface area (Å²) >= 11 is 0. The monoisotopic (exact) mass is 580 g/mol. The average molecular weight is 581 g/mol. The van der Waals surface area contributed by atoms with E-state index in [0.717, 1.165) is 32.6 Å². The molecule has 43 heavy (non-hydrogen) atoms. The number of para-hydroxylation sites is 2. The largest absolute Gasteiger partial charge is 0.497 e. The molecule has 0 saturated carbocycles. The Bertz CT molecular complexity index is 1760. The van der Waals surface area contributed by atoms with Gasteiger partial charge in [0.05, 0.1) is 18.4 Å². The van der Waals surface area contributed by atoms with Gasteiger partial charge in [0.15, 0.2) is 0 Å². The van der Waals surface area contributed by atoms with Gasteiger partial charge in [0, 0.05) is 23.0 Å². The number of anilines is 1. The van der Waals surface area contributed by atoms with Crippen molar-refractivity contribution in [3.63, 3.8) is 0 Å². The van der Waals surface area contributed by atoms with Crippen molar-refractivity contribution >= 4 is 40.4 Å². The summed E-state index contributed by atoms with van der Waals surface area (Å²) in [6, 6.07) is 18.4. The van der Waals surface area contributed by atoms with Crippen LogP contribution in [0.25, 0.3) is 10.9 Å². The van der Waals surface area contributed by atoms with Crippen LogP contribution in [0.15, 0.2) is 72.8 Å². The van der Waals surface area contributed by atoms with Gasteiger partial charge in [-0.1, -0.05) is 62.7 Å². The smallest absolute Gasteiger partial charge is 0.332 e. The Morgan fingerprint density at radius 1 is 1.07 bits per heavy atom. The first kappa shape index (κ1) is 28.0. The molecule has 4 amide bonds. The van der Waals surface area contributed by atoms with Crippen molar-refractivity contribution in [3.05, 3.63) is 95.2 Å². The minimum Gasteiger partial charge on any atom is -0.497 e. The number of imide groups is 1. The number of carbonyl (C=O) groups is 4. The van der Waals surface area contributed by atoms with E-state index in [1.54, 1.807) is 31.1 Å². The van der Waals surface area contributed by atoms with Gasteiger partial charge in [0.1, 0.15) is 23.9 Å². The first-order valence-electron chi connectivity index (χ1n) is 14.3. The fourth-order valence-corrected chi connectivity index (χ4v) is 6.22. The summed E-state index contributed by atoms with van der Waals surface area (Å²) < 4.78 is 5.48. The van der Waals surface area contributed by atoms with E-state index in [1.165, 1.54) is 12.1 Å². The van der Waals surface area contributed by atoms with E-state index in [-0.39, 0.29) is 17.2 Å². The van der Waals surface area contributed by atoms with Crippen molar-refractivity contribution in [2.24, 2.45) is 5.92 Å². The second kappa shape index (κ2) is 10.9. The van der Waals surface area contributed by atoms with Gasteiger partial charge < -0.3 is 20.1 Å². The van der Waals surface area contributed by atoms with E-state index >= 15 is 0 Å². The number of hydrogen-bond donors (Lipinski definition) is 3. The molecule has 2 aliphatic rings. The highest BCUT2D eigenvalue weighted by atomic mass is 16.5. The molecule has 3 heterocycles. The summed E-state index contributed by atoms with van der Waals surface area (Å²) in [7, 11) is 1.57. The lowest BCUT2D eigenvalue weighted by atomic mass is 9.89. The molecule has 1 fully saturated rings. The Morgan fingerprint density at radius 2 is 1.81 bits per heavy atom. The fraction of sp³-hybridized carbons (Fsp3) is 0.273. The molecule has 4 atom stereocenters. The zero-order valence-corrected chi connectivity index (χ0v) is 24.0. The second-order valence-corrected chi connectivity index (χ2v) is 11.0. The molecule has 1 aromatic heterocycles. The minimum atomic E-state index is -1.15. The topological polar surface area (TPSA) is 132 Å². The van der Waals surface area contributed by atoms with Gasteiger partial charge in [0.25, 0.3) is 11.8 Å². The number of nitrogens with zero attached hydrogens (tertiary/aromatic N) is 2. The number of rotatable bonds is 8. The van der Waals surface area contributed by atoms with Crippen LogP contribution in [0.2, 0.25) is 0 Å². The number of methoxy groups -OCH3 is 1. The van der Waals surface area contributed by atoms with Crippen molar-refractivity contribution in [2.75, 3.05) is 12.0 Å². The number of hydrogen-bond acceptors (Lipinski definition) is 5. The molecular formula is C33H32N4O6. The maximum absolute atomic E-state index is 14.3. The van der Waals surface area contributed by atoms with Gasteiger partial charge in [-0.05, 0) is 47.4 Å². The minimum absolute atomic E-state index is 0.0421. The van der Waals surface area contributed by atoms with Crippen molar-refractivity contribution < 1.29 is 29.0 Å². The molecule has 0 aliphatic carbocycles. The number of carbonyl (C=O) groups excluding carboxylic acids is 3. The second-order valence-electron chi connectivity index (χ2n) is 11.0. The fourth-order valence-electron chi connectivity index (χ4n) is 6.22. The molecule has 6 rings (SSSR count). The van der Waals surface area contributed by atoms with Crippen LogP contribution >= 0.6 is 0 Å². The third-order valence-corrected chi connectivity index (χ3v) is 8.61. The molecular weight excluding hydrogens is 548 g/mol. The Hall–Kier alpha value is -5.12. The van der Waals surface area contributed by atoms with Crippen LogP contribution in [-0.2, 0) is 16.0 Å². The van der Waals surface area contributed by atoms with Crippen LogP contribution in [0, 0.1) is 5.92 Å². The van der Waals surface area contributed by atoms with Crippen LogP contribution in [0.4, 0.5) is 10.5 Å². The molecule has 4 aromatic rings. The summed E-state index contributed by atoms with van der Waals surface area (Å²) in [6.45, 7) is 3.59. The molecule has 220 valence electrons. The zero-order chi connectivity index (χ0) is 30.4. The van der Waals surface area contributed by atoms with E-state index in [1.807, 2.05) is 55.5 Å². The van der Waals surface area contributed by atoms with E-state index in [2.05, 4.69) is 10.3 Å². The van der Waals surface area contributed by atoms with Crippen LogP contribution in [0.1, 0.15) is 53.5 Å². The van der Waals surface area contributed by atoms with Crippen LogP contribution in [0.3, 0.4) is 0 Å². The number of aliphatic carboxylic acids is 1. The zero-order valence-electron chi connectivity index (χ0n) is 24.0. The van der Waals surface area contributed by atoms with Crippen molar-refractivity contribution in [3.8, 4) is 5.75 Å². The molecule has 0 bridgehead atoms. The van der Waals surface area contributed by atoms with Crippen LogP contribution < -0.4 is 15.0 Å². The third-order valence-electron chi connectivity index (χ3n) is 8.61. The number of H-pyrrole nitrogens is 1. The predicted molar refractivity (Wildman–Crippen MR) is 160 cm³/mol. The van der Waals surface area contributed by atoms with Crippen molar-refractivity contribution in [1.82, 2.24) is 15.2 Å². The van der Waals surface area contributed by atoms with E-state index in [0.29, 0.717) is 18.6 Å². The highest BCUT2D eigenvalue weighted by molar-refractivity contribution is 6.24. The molecule has 0 spiro atoms. The molecule has 0 unspecified atom stereocenters. The highest BCUT2D eigenvalue weighted by Gasteiger charge is 2.53. The number of amides is 4. The molecule has 3 N–H and O–H groups in total. The number of nitrogens with one attached hydrogen (secondary N) is 2. The molecule has 10 nitrogen and oxygen atoms in total. The number of ether oxygens (including phenoxy) is 1. The van der Waals surface area contributed by atoms with E-state index in [4.69, 9.17) is 4.74 Å². The Kier molecular flexibility index (Phi) is 7.13. The van der Waals surface area contributed by atoms with E-state index < -0.39 is 41.9 Å². The number of fused-ring (bicyclic) bond motifs is 4. The molecule has 10 heteroatoms. The summed E-state index contributed by atoms with van der Waals surface area (Å²) in [5.74, 6) is -1.99. The number of urea groups is 1. The van der Waals surface area contributed by atoms with Gasteiger partial charge in [-0.2, -0.15) is 0 Å². The number of benzene rings is 3. The number of carboxylic acid groups (broad SMARTS) is 1. The summed E-state index contributed by atoms with van der Waals surface area (Å²) in [5, 5.41) is 13.3. The Labute approximate surface area is 248 Å². The maximum Gasteiger partial charge on any atom is 0.332 e. The average Bonchev–Trinajstić information content (AvgIpc) is 3.51. The predicted octanol–water partition coefficient (Wildman–Crippen LogP) is 4.89. The van der Waals surface area contributed by atoms with Crippen molar-refractivity contribution in [1.29, 1.82) is 0 Å². The lowest BCUT2D eigenvalue weighted by molar-refractivity contribution is -0.140. The van der Waals surface area contributed by atoms with Gasteiger partial charge >= 0.3 is 12.0 Å². The Balaban J connectivity index is 1.44. The summed E-state index contributed by atoms with van der Waals surface area (Å²) in [5.41, 5.74) is 3.60. The SMILES string of the molecule is CC[C@H](C)[C@H](NC(=O)c1ccccc1N1C(=O)[C@@H]2Cc3c([nH]c4ccccc34)[C@@H](c3cccc(OC)c3)N2C1=O)C(=O)O. The van der Waals surface area contributed by atoms with Gasteiger partial charge in [0.2, 0.25) is 0 Å². The maximum atomic E-state index is 14.3. The van der Waals surface area contributed by atoms with Crippen LogP contribution in [0.5, 0.6) is 5.75 Å². The standard InChI is InChI=1S/C33H32N4O6/c1-4-18(2)27(32(40)41)35-30(38)22-13-6-8-15-25(22)37-31(39)26-17-23-21-12-5-7-14-24(21)34-28(23)29(36(26)33(37)42)19-10-9-11-20(16-19)43-3/h5-16,18,26-27,29,34H,4,17H2,1-3H3,(H,35,38)(H,40,41)/t18-,26-,27-,29+/m0/s1. The number of aromatic nitrogens is 1. The first-order chi connectivity index (χ1) is 20.7. The lowest BCUT2D eigenvalue weighted by Crippen LogP contribution is -2.45. The van der Waals surface area contributed by atoms with Gasteiger partial charge in [-0.15, -0.1) is 0 Å². The summed E-state index contributed by atoms with van der Waals surface area (Å²) in [6.07, 6.45) is 0.837. The quantitative estimate of drug-likeness (QED) is 0.254. The Morgan fingerprint density at radius 3 is 2.56 bits per heavy atom. The highest BCUT2D eigenvalue weighted by Crippen LogP contribution is 2.45. The van der Waals surface area contributed by atoms with E-state index in [9.17, 15) is 24.3 Å². The molecule has 0 radical (unpaired) electrons. The number of carboxylic acids is 1. The normalized spacial score (nSPS) is 19.1. The third kappa shape index (κ3) is 4.59. The first-order valence-corrected chi connectivity index (χ1v) is 14.3. The van der Waals surface area contributed by atoms with Crippen LogP contribution in [-0.4, -0.2) is 58.0 Å². The lowest BCUT2D eigenvalue weighted by Gasteiger charge is -2.36. The molecule has 3 aromatic carbocycles.